The van der Waals surface area contributed by atoms with Gasteiger partial charge in [0.2, 0.25) is 5.95 Å². The van der Waals surface area contributed by atoms with E-state index >= 15 is 0 Å². The predicted molar refractivity (Wildman–Crippen MR) is 157 cm³/mol. The van der Waals surface area contributed by atoms with Crippen molar-refractivity contribution in [2.24, 2.45) is 0 Å². The monoisotopic (exact) mass is 534 g/mol. The summed E-state index contributed by atoms with van der Waals surface area (Å²) in [6.45, 7) is 10.3. The maximum Gasteiger partial charge on any atom is 0.341 e. The largest absolute Gasteiger partial charge is 0.462 e. The fourth-order valence-corrected chi connectivity index (χ4v) is 5.84. The van der Waals surface area contributed by atoms with Gasteiger partial charge in [-0.1, -0.05) is 55.5 Å². The maximum atomic E-state index is 13.9. The third-order valence-corrected chi connectivity index (χ3v) is 7.59. The van der Waals surface area contributed by atoms with Crippen LogP contribution < -0.4 is 10.2 Å². The molecule has 204 valence electrons. The summed E-state index contributed by atoms with van der Waals surface area (Å²) < 4.78 is 5.10. The van der Waals surface area contributed by atoms with Crippen molar-refractivity contribution in [1.82, 2.24) is 9.97 Å². The SMILES string of the molecule is CCOC(=O)c1cnc(Nc2ccc3c(c2)C(C)(c2ccccc2)CC(C)(C)N3C(=O)c2ccccc2)nc1C. The molecule has 1 atom stereocenters. The first-order valence-corrected chi connectivity index (χ1v) is 13.5. The fraction of sp³-hybridized carbons (Fsp3) is 0.273. The van der Waals surface area contributed by atoms with Crippen LogP contribution in [-0.4, -0.2) is 34.0 Å². The first-order chi connectivity index (χ1) is 19.1. The summed E-state index contributed by atoms with van der Waals surface area (Å²) in [5, 5.41) is 3.30. The standard InChI is InChI=1S/C33H34N4O3/c1-6-40-30(39)26-20-34-31(35-22(26)2)36-25-17-18-28-27(19-25)33(5,24-15-11-8-12-16-24)21-32(3,4)37(28)29(38)23-13-9-7-10-14-23/h7-20H,6,21H2,1-5H3,(H,34,35,36). The summed E-state index contributed by atoms with van der Waals surface area (Å²) in [6, 6.07) is 25.9. The van der Waals surface area contributed by atoms with Crippen LogP contribution in [-0.2, 0) is 10.2 Å². The van der Waals surface area contributed by atoms with Crippen LogP contribution in [0.15, 0.2) is 85.1 Å². The number of anilines is 3. The van der Waals surface area contributed by atoms with Gasteiger partial charge in [0.05, 0.1) is 17.9 Å². The average Bonchev–Trinajstić information content (AvgIpc) is 2.94. The molecular weight excluding hydrogens is 500 g/mol. The van der Waals surface area contributed by atoms with E-state index in [2.05, 4.69) is 66.4 Å². The van der Waals surface area contributed by atoms with Gasteiger partial charge in [-0.3, -0.25) is 4.79 Å². The van der Waals surface area contributed by atoms with Crippen molar-refractivity contribution < 1.29 is 14.3 Å². The number of esters is 1. The van der Waals surface area contributed by atoms with E-state index in [0.717, 1.165) is 23.4 Å². The van der Waals surface area contributed by atoms with E-state index in [1.54, 1.807) is 13.8 Å². The molecule has 3 aromatic carbocycles. The summed E-state index contributed by atoms with van der Waals surface area (Å²) in [4.78, 5) is 36.9. The predicted octanol–water partition coefficient (Wildman–Crippen LogP) is 6.84. The van der Waals surface area contributed by atoms with Crippen molar-refractivity contribution in [2.75, 3.05) is 16.8 Å². The number of rotatable bonds is 6. The van der Waals surface area contributed by atoms with Crippen molar-refractivity contribution in [3.8, 4) is 0 Å². The zero-order valence-electron chi connectivity index (χ0n) is 23.6. The molecule has 1 aliphatic heterocycles. The van der Waals surface area contributed by atoms with Gasteiger partial charge >= 0.3 is 5.97 Å². The number of hydrogen-bond donors (Lipinski definition) is 1. The molecule has 0 bridgehead atoms. The van der Waals surface area contributed by atoms with Crippen LogP contribution in [0.2, 0.25) is 0 Å². The number of carbonyl (C=O) groups is 2. The number of amides is 1. The van der Waals surface area contributed by atoms with Crippen LogP contribution in [0.5, 0.6) is 0 Å². The lowest BCUT2D eigenvalue weighted by atomic mass is 9.65. The Hall–Kier alpha value is -4.52. The third kappa shape index (κ3) is 4.95. The lowest BCUT2D eigenvalue weighted by Gasteiger charge is -2.51. The fourth-order valence-electron chi connectivity index (χ4n) is 5.84. The summed E-state index contributed by atoms with van der Waals surface area (Å²) in [5.41, 5.74) is 4.58. The Bertz CT molecular complexity index is 1550. The molecule has 40 heavy (non-hydrogen) atoms. The molecule has 1 aromatic heterocycles. The number of carbonyl (C=O) groups excluding carboxylic acids is 2. The average molecular weight is 535 g/mol. The number of hydrogen-bond acceptors (Lipinski definition) is 6. The molecule has 1 N–H and O–H groups in total. The van der Waals surface area contributed by atoms with Crippen LogP contribution in [0.3, 0.4) is 0 Å². The van der Waals surface area contributed by atoms with E-state index in [9.17, 15) is 9.59 Å². The highest BCUT2D eigenvalue weighted by molar-refractivity contribution is 6.08. The molecule has 0 aliphatic carbocycles. The molecule has 1 aliphatic rings. The molecule has 4 aromatic rings. The first kappa shape index (κ1) is 27.1. The van der Waals surface area contributed by atoms with Crippen molar-refractivity contribution in [3.63, 3.8) is 0 Å². The van der Waals surface area contributed by atoms with Gasteiger partial charge in [-0.2, -0.15) is 0 Å². The topological polar surface area (TPSA) is 84.4 Å². The summed E-state index contributed by atoms with van der Waals surface area (Å²) in [5.74, 6) is -0.0961. The Morgan fingerprint density at radius 2 is 1.65 bits per heavy atom. The molecule has 7 nitrogen and oxygen atoms in total. The normalized spacial score (nSPS) is 17.6. The molecule has 1 amide bonds. The summed E-state index contributed by atoms with van der Waals surface area (Å²) in [6.07, 6.45) is 2.21. The van der Waals surface area contributed by atoms with Crippen LogP contribution in [0.1, 0.15) is 71.7 Å². The minimum absolute atomic E-state index is 0.0313. The van der Waals surface area contributed by atoms with Crippen LogP contribution in [0.25, 0.3) is 0 Å². The van der Waals surface area contributed by atoms with E-state index in [4.69, 9.17) is 4.74 Å². The quantitative estimate of drug-likeness (QED) is 0.273. The molecular formula is C33H34N4O3. The van der Waals surface area contributed by atoms with Gasteiger partial charge in [-0.15, -0.1) is 0 Å². The smallest absolute Gasteiger partial charge is 0.341 e. The highest BCUT2D eigenvalue weighted by atomic mass is 16.5. The van der Waals surface area contributed by atoms with Crippen molar-refractivity contribution in [2.45, 2.75) is 52.0 Å². The summed E-state index contributed by atoms with van der Waals surface area (Å²) in [7, 11) is 0. The third-order valence-electron chi connectivity index (χ3n) is 7.59. The number of nitrogens with zero attached hydrogens (tertiary/aromatic N) is 3. The molecule has 0 spiro atoms. The van der Waals surface area contributed by atoms with Gasteiger partial charge < -0.3 is 15.0 Å². The van der Waals surface area contributed by atoms with Crippen LogP contribution >= 0.6 is 0 Å². The number of ether oxygens (including phenoxy) is 1. The zero-order chi connectivity index (χ0) is 28.5. The number of benzene rings is 3. The van der Waals surface area contributed by atoms with Crippen LogP contribution in [0.4, 0.5) is 17.3 Å². The zero-order valence-corrected chi connectivity index (χ0v) is 23.6. The lowest BCUT2D eigenvalue weighted by molar-refractivity contribution is 0.0524. The number of aryl methyl sites for hydroxylation is 1. The molecule has 0 saturated carbocycles. The van der Waals surface area contributed by atoms with E-state index in [1.807, 2.05) is 53.4 Å². The lowest BCUT2D eigenvalue weighted by Crippen LogP contribution is -2.55. The molecule has 0 fully saturated rings. The van der Waals surface area contributed by atoms with Gasteiger partial charge in [0.15, 0.2) is 0 Å². The van der Waals surface area contributed by atoms with Gasteiger partial charge in [-0.25, -0.2) is 14.8 Å². The second-order valence-electron chi connectivity index (χ2n) is 11.0. The van der Waals surface area contributed by atoms with E-state index in [1.165, 1.54) is 11.8 Å². The number of nitrogens with one attached hydrogen (secondary N) is 1. The molecule has 1 unspecified atom stereocenters. The maximum absolute atomic E-state index is 13.9. The minimum Gasteiger partial charge on any atom is -0.462 e. The Morgan fingerprint density at radius 3 is 2.30 bits per heavy atom. The Kier molecular flexibility index (Phi) is 7.15. The second-order valence-corrected chi connectivity index (χ2v) is 11.0. The van der Waals surface area contributed by atoms with Crippen molar-refractivity contribution in [3.05, 3.63) is 113 Å². The Balaban J connectivity index is 1.59. The molecule has 2 heterocycles. The van der Waals surface area contributed by atoms with Gasteiger partial charge in [0.25, 0.3) is 5.91 Å². The molecule has 0 radical (unpaired) electrons. The van der Waals surface area contributed by atoms with Crippen LogP contribution in [0, 0.1) is 6.92 Å². The molecule has 0 saturated heterocycles. The minimum atomic E-state index is -0.456. The van der Waals surface area contributed by atoms with Gasteiger partial charge in [-0.05, 0) is 75.6 Å². The molecule has 5 rings (SSSR count). The second kappa shape index (κ2) is 10.6. The Morgan fingerprint density at radius 1 is 0.975 bits per heavy atom. The van der Waals surface area contributed by atoms with E-state index in [0.29, 0.717) is 22.8 Å². The summed E-state index contributed by atoms with van der Waals surface area (Å²) >= 11 is 0. The van der Waals surface area contributed by atoms with E-state index < -0.39 is 11.5 Å². The highest BCUT2D eigenvalue weighted by Gasteiger charge is 2.48. The number of fused-ring (bicyclic) bond motifs is 1. The number of aromatic nitrogens is 2. The first-order valence-electron chi connectivity index (χ1n) is 13.5. The highest BCUT2D eigenvalue weighted by Crippen LogP contribution is 2.51. The molecule has 7 heteroatoms. The van der Waals surface area contributed by atoms with Gasteiger partial charge in [0.1, 0.15) is 0 Å². The van der Waals surface area contributed by atoms with Gasteiger partial charge in [0, 0.05) is 34.1 Å². The van der Waals surface area contributed by atoms with Crippen molar-refractivity contribution in [1.29, 1.82) is 0 Å². The van der Waals surface area contributed by atoms with Crippen molar-refractivity contribution >= 4 is 29.2 Å². The Labute approximate surface area is 235 Å². The van der Waals surface area contributed by atoms with E-state index in [-0.39, 0.29) is 17.9 Å².